The fourth-order valence-corrected chi connectivity index (χ4v) is 9.31. The van der Waals surface area contributed by atoms with Crippen molar-refractivity contribution in [1.82, 2.24) is 0 Å². The number of rotatable bonds is 2. The first-order valence-corrected chi connectivity index (χ1v) is 10.6. The van der Waals surface area contributed by atoms with E-state index in [-0.39, 0.29) is 5.66 Å². The Balaban J connectivity index is 2.78. The highest BCUT2D eigenvalue weighted by molar-refractivity contribution is 8.45. The summed E-state index contributed by atoms with van der Waals surface area (Å²) in [5, 5.41) is 17.8. The van der Waals surface area contributed by atoms with Crippen LogP contribution in [0.15, 0.2) is 0 Å². The van der Waals surface area contributed by atoms with E-state index < -0.39 is 7.40 Å². The van der Waals surface area contributed by atoms with Gasteiger partial charge in [0.2, 0.25) is 7.40 Å². The Morgan fingerprint density at radius 2 is 2.31 bits per heavy atom. The summed E-state index contributed by atoms with van der Waals surface area (Å²) in [5.41, 5.74) is 1.02. The van der Waals surface area contributed by atoms with Gasteiger partial charge in [0.05, 0.1) is 5.71 Å². The molecule has 1 rings (SSSR count). The zero-order valence-corrected chi connectivity index (χ0v) is 12.3. The van der Waals surface area contributed by atoms with Crippen molar-refractivity contribution in [1.29, 1.82) is 10.6 Å². The first-order chi connectivity index (χ1) is 6.02. The molecule has 0 aliphatic carbocycles. The van der Waals surface area contributed by atoms with Crippen molar-refractivity contribution in [3.63, 3.8) is 0 Å². The van der Waals surface area contributed by atoms with Gasteiger partial charge in [-0.25, -0.2) is 0 Å². The van der Waals surface area contributed by atoms with E-state index in [0.29, 0.717) is 0 Å². The average molecular weight is 267 g/mol. The Bertz CT molecular complexity index is 319. The Hall–Kier alpha value is 0.970. The van der Waals surface area contributed by atoms with E-state index in [2.05, 4.69) is 9.24 Å². The second-order valence-electron chi connectivity index (χ2n) is 2.72. The van der Waals surface area contributed by atoms with Gasteiger partial charge in [-0.15, -0.1) is 14.4 Å². The second-order valence-corrected chi connectivity index (χ2v) is 12.2. The number of hydrogen-bond acceptors (Lipinski definition) is 2. The van der Waals surface area contributed by atoms with E-state index >= 15 is 0 Å². The molecule has 0 saturated carbocycles. The molecule has 0 radical (unpaired) electrons. The van der Waals surface area contributed by atoms with E-state index in [1.54, 1.807) is 0 Å². The highest BCUT2D eigenvalue weighted by atomic mass is 32.4. The maximum absolute atomic E-state index is 7.75. The van der Waals surface area contributed by atoms with Crippen LogP contribution in [0.25, 0.3) is 0 Å². The summed E-state index contributed by atoms with van der Waals surface area (Å²) in [6.07, 6.45) is 0. The lowest BCUT2D eigenvalue weighted by Gasteiger charge is -2.01. The van der Waals surface area contributed by atoms with E-state index in [9.17, 15) is 0 Å². The minimum absolute atomic E-state index is 0.255. The molecular weight excluding hydrogens is 255 g/mol. The monoisotopic (exact) mass is 267 g/mol. The lowest BCUT2D eigenvalue weighted by atomic mass is 10.2. The van der Waals surface area contributed by atoms with E-state index in [0.717, 1.165) is 13.7 Å². The summed E-state index contributed by atoms with van der Waals surface area (Å²) in [6, 6.07) is 0. The molecule has 1 aliphatic heterocycles. The third kappa shape index (κ3) is 3.23. The Morgan fingerprint density at radius 3 is 2.69 bits per heavy atom. The molecule has 4 atom stereocenters. The molecule has 0 fully saturated rings. The maximum Gasteiger partial charge on any atom is 0.216 e. The molecule has 0 aromatic rings. The topological polar surface area (TPSA) is 47.7 Å². The van der Waals surface area contributed by atoms with Gasteiger partial charge >= 0.3 is 0 Å². The third-order valence-corrected chi connectivity index (χ3v) is 11.5. The molecule has 2 nitrogen and oxygen atoms in total. The molecule has 0 bridgehead atoms. The Morgan fingerprint density at radius 1 is 1.69 bits per heavy atom. The van der Waals surface area contributed by atoms with Crippen LogP contribution in [0.1, 0.15) is 6.92 Å². The fourth-order valence-electron chi connectivity index (χ4n) is 0.877. The summed E-state index contributed by atoms with van der Waals surface area (Å²) in [5.74, 6) is 0. The second kappa shape index (κ2) is 5.16. The van der Waals surface area contributed by atoms with Crippen LogP contribution in [0.5, 0.6) is 0 Å². The molecule has 13 heavy (non-hydrogen) atoms. The van der Waals surface area contributed by atoms with Gasteiger partial charge in [-0.3, -0.25) is 0 Å². The lowest BCUT2D eigenvalue weighted by molar-refractivity contribution is 1.48. The molecule has 1 heterocycles. The van der Waals surface area contributed by atoms with Crippen LogP contribution >= 0.6 is 40.7 Å². The molecule has 0 aromatic heterocycles. The molecule has 4 unspecified atom stereocenters. The standard InChI is InChI=1S/C6H12N2P5/c1-3-4(7)5(9)6(10-3)11-12-13(2)8/h5,7-8,12H,9H2,1-2H3/q+1. The van der Waals surface area contributed by atoms with Gasteiger partial charge in [-0.2, -0.15) is 0 Å². The van der Waals surface area contributed by atoms with Gasteiger partial charge in [0.1, 0.15) is 6.66 Å². The Kier molecular flexibility index (Phi) is 4.78. The van der Waals surface area contributed by atoms with Crippen molar-refractivity contribution in [2.45, 2.75) is 12.6 Å². The molecule has 2 N–H and O–H groups in total. The zero-order valence-electron chi connectivity index (χ0n) is 7.50. The Labute approximate surface area is 86.8 Å². The van der Waals surface area contributed by atoms with Crippen LogP contribution in [0.2, 0.25) is 0 Å². The van der Waals surface area contributed by atoms with Crippen LogP contribution in [0, 0.1) is 10.6 Å². The zero-order chi connectivity index (χ0) is 10.0. The van der Waals surface area contributed by atoms with Gasteiger partial charge in [0.25, 0.3) is 0 Å². The number of hydrogen-bond donors (Lipinski definition) is 2. The normalized spacial score (nSPS) is 28.7. The minimum atomic E-state index is -0.513. The molecule has 1 aliphatic rings. The van der Waals surface area contributed by atoms with Gasteiger partial charge in [0, 0.05) is 10.7 Å². The highest BCUT2D eigenvalue weighted by Gasteiger charge is 2.23. The van der Waals surface area contributed by atoms with Crippen LogP contribution in [-0.2, 0) is 0 Å². The summed E-state index contributed by atoms with van der Waals surface area (Å²) < 4.78 is 0. The predicted molar refractivity (Wildman–Crippen MR) is 74.6 cm³/mol. The first-order valence-electron chi connectivity index (χ1n) is 3.70. The van der Waals surface area contributed by atoms with Crippen molar-refractivity contribution < 1.29 is 0 Å². The van der Waals surface area contributed by atoms with Crippen LogP contribution in [-0.4, -0.2) is 28.4 Å². The summed E-state index contributed by atoms with van der Waals surface area (Å²) in [4.78, 5) is 0. The third-order valence-electron chi connectivity index (χ3n) is 1.58. The molecular formula is C6H12N2P5+. The van der Waals surface area contributed by atoms with Crippen molar-refractivity contribution in [3.05, 3.63) is 0 Å². The average Bonchev–Trinajstić information content (AvgIpc) is 2.29. The largest absolute Gasteiger partial charge is 0.304 e. The van der Waals surface area contributed by atoms with Gasteiger partial charge < -0.3 is 5.41 Å². The van der Waals surface area contributed by atoms with Crippen molar-refractivity contribution in [2.24, 2.45) is 0 Å². The number of nitrogens with one attached hydrogen (secondary N) is 2. The molecule has 70 valence electrons. The van der Waals surface area contributed by atoms with Crippen molar-refractivity contribution >= 4 is 56.7 Å². The molecule has 0 spiro atoms. The van der Waals surface area contributed by atoms with E-state index in [4.69, 9.17) is 10.6 Å². The van der Waals surface area contributed by atoms with Crippen LogP contribution in [0.3, 0.4) is 0 Å². The van der Waals surface area contributed by atoms with Gasteiger partial charge in [0.15, 0.2) is 7.96 Å². The minimum Gasteiger partial charge on any atom is -0.304 e. The summed E-state index contributed by atoms with van der Waals surface area (Å²) in [6.45, 7) is 4.02. The van der Waals surface area contributed by atoms with E-state index in [1.807, 2.05) is 13.6 Å². The quantitative estimate of drug-likeness (QED) is 0.714. The van der Waals surface area contributed by atoms with Crippen molar-refractivity contribution in [3.8, 4) is 0 Å². The highest BCUT2D eigenvalue weighted by Crippen LogP contribution is 2.54. The molecule has 7 heteroatoms. The maximum atomic E-state index is 7.75. The van der Waals surface area contributed by atoms with Crippen LogP contribution in [0.4, 0.5) is 0 Å². The fraction of sp³-hybridized carbons (Fsp3) is 0.500. The molecule has 0 amide bonds. The van der Waals surface area contributed by atoms with Gasteiger partial charge in [-0.1, -0.05) is 8.20 Å². The van der Waals surface area contributed by atoms with Gasteiger partial charge in [-0.05, 0) is 20.1 Å². The first kappa shape index (κ1) is 12.0. The van der Waals surface area contributed by atoms with Crippen molar-refractivity contribution in [2.75, 3.05) is 6.66 Å². The van der Waals surface area contributed by atoms with E-state index in [1.165, 1.54) is 26.4 Å². The molecule has 0 aromatic carbocycles. The molecule has 0 saturated heterocycles. The summed E-state index contributed by atoms with van der Waals surface area (Å²) in [7, 11) is 5.49. The predicted octanol–water partition coefficient (Wildman–Crippen LogP) is 3.86. The van der Waals surface area contributed by atoms with Crippen LogP contribution < -0.4 is 0 Å². The smallest absolute Gasteiger partial charge is 0.216 e. The summed E-state index contributed by atoms with van der Waals surface area (Å²) >= 11 is 0. The lowest BCUT2D eigenvalue weighted by Crippen LogP contribution is -2.16. The SMILES string of the molecule is CC1=PC(=PP[P+](C)=N)C(P)C1=N.